The number of halogens is 1. The molecule has 0 spiro atoms. The number of benzene rings is 1. The number of phenols is 1. The first-order valence-corrected chi connectivity index (χ1v) is 9.89. The maximum Gasteiger partial charge on any atom is 0.161 e. The molecule has 4 aromatic rings. The summed E-state index contributed by atoms with van der Waals surface area (Å²) in [6.45, 7) is 3.80. The molecule has 6 nitrogen and oxygen atoms in total. The third-order valence-corrected chi connectivity index (χ3v) is 6.37. The number of aryl methyl sites for hydroxylation is 1. The molecule has 0 radical (unpaired) electrons. The molecule has 1 aliphatic rings. The zero-order valence-electron chi connectivity index (χ0n) is 14.9. The van der Waals surface area contributed by atoms with Gasteiger partial charge in [-0.3, -0.25) is 0 Å². The van der Waals surface area contributed by atoms with Gasteiger partial charge in [0.2, 0.25) is 0 Å². The number of nitrogens with zero attached hydrogens (tertiary/aromatic N) is 2. The second-order valence-electron chi connectivity index (χ2n) is 7.68. The largest absolute Gasteiger partial charge is 0.507 e. The van der Waals surface area contributed by atoms with Crippen molar-refractivity contribution in [3.63, 3.8) is 0 Å². The quantitative estimate of drug-likeness (QED) is 0.368. The topological polar surface area (TPSA) is 95.2 Å². The maximum atomic E-state index is 10.3. The number of furan rings is 1. The molecular formula is C20H18IN3O3. The summed E-state index contributed by atoms with van der Waals surface area (Å²) in [4.78, 5) is 3.18. The van der Waals surface area contributed by atoms with E-state index in [2.05, 4.69) is 37.8 Å². The first-order chi connectivity index (χ1) is 12.9. The van der Waals surface area contributed by atoms with E-state index >= 15 is 0 Å². The lowest BCUT2D eigenvalue weighted by Crippen LogP contribution is -2.39. The van der Waals surface area contributed by atoms with Gasteiger partial charge in [-0.1, -0.05) is 0 Å². The van der Waals surface area contributed by atoms with Gasteiger partial charge in [-0.05, 0) is 78.5 Å². The van der Waals surface area contributed by atoms with Crippen LogP contribution >= 0.6 is 22.6 Å². The Labute approximate surface area is 168 Å². The first kappa shape index (κ1) is 17.0. The lowest BCUT2D eigenvalue weighted by Gasteiger charge is -2.42. The third kappa shape index (κ3) is 2.48. The standard InChI is InChI=1S/C20H18IN3O3/c1-9-5-13(25)11-3-4-27-18(11)14(9)17-15(10-6-20(2,26)7-10)16-12(21)8-22-19(16)24-23-17/h3-5,8,10,25-26H,6-7H2,1-2H3,(H,22,24). The minimum absolute atomic E-state index is 0.190. The Morgan fingerprint density at radius 2 is 2.11 bits per heavy atom. The normalized spacial score (nSPS) is 22.4. The van der Waals surface area contributed by atoms with Crippen molar-refractivity contribution in [3.05, 3.63) is 39.3 Å². The molecule has 1 fully saturated rings. The number of aromatic hydroxyl groups is 1. The number of nitrogens with one attached hydrogen (secondary N) is 1. The van der Waals surface area contributed by atoms with Crippen LogP contribution in [0, 0.1) is 10.5 Å². The van der Waals surface area contributed by atoms with Crippen LogP contribution in [0.2, 0.25) is 0 Å². The van der Waals surface area contributed by atoms with E-state index in [-0.39, 0.29) is 11.7 Å². The van der Waals surface area contributed by atoms with E-state index in [0.717, 1.165) is 37.0 Å². The molecule has 1 saturated carbocycles. The fourth-order valence-corrected chi connectivity index (χ4v) is 5.02. The van der Waals surface area contributed by atoms with Gasteiger partial charge in [0.15, 0.2) is 5.65 Å². The van der Waals surface area contributed by atoms with Crippen LogP contribution in [0.4, 0.5) is 0 Å². The summed E-state index contributed by atoms with van der Waals surface area (Å²) in [5, 5.41) is 31.3. The van der Waals surface area contributed by atoms with Crippen molar-refractivity contribution in [3.8, 4) is 17.0 Å². The monoisotopic (exact) mass is 475 g/mol. The van der Waals surface area contributed by atoms with Crippen LogP contribution in [-0.4, -0.2) is 31.0 Å². The Hall–Kier alpha value is -2.13. The minimum Gasteiger partial charge on any atom is -0.507 e. The average Bonchev–Trinajstić information content (AvgIpc) is 3.20. The highest BCUT2D eigenvalue weighted by Gasteiger charge is 2.42. The summed E-state index contributed by atoms with van der Waals surface area (Å²) in [6.07, 6.45) is 4.87. The fourth-order valence-electron chi connectivity index (χ4n) is 4.32. The van der Waals surface area contributed by atoms with E-state index in [1.807, 2.05) is 20.0 Å². The number of hydrogen-bond acceptors (Lipinski definition) is 5. The van der Waals surface area contributed by atoms with E-state index in [9.17, 15) is 10.2 Å². The zero-order chi connectivity index (χ0) is 18.9. The number of aromatic nitrogens is 3. The predicted octanol–water partition coefficient (Wildman–Crippen LogP) is 4.62. The van der Waals surface area contributed by atoms with E-state index in [1.54, 1.807) is 18.4 Å². The molecule has 1 aliphatic carbocycles. The summed E-state index contributed by atoms with van der Waals surface area (Å²) in [6, 6.07) is 3.50. The number of rotatable bonds is 2. The average molecular weight is 475 g/mol. The van der Waals surface area contributed by atoms with E-state index < -0.39 is 5.60 Å². The number of aromatic amines is 1. The molecular weight excluding hydrogens is 457 g/mol. The maximum absolute atomic E-state index is 10.3. The molecule has 138 valence electrons. The van der Waals surface area contributed by atoms with Crippen LogP contribution in [-0.2, 0) is 0 Å². The smallest absolute Gasteiger partial charge is 0.161 e. The fraction of sp³-hybridized carbons (Fsp3) is 0.300. The van der Waals surface area contributed by atoms with Crippen molar-refractivity contribution in [2.45, 2.75) is 38.2 Å². The summed E-state index contributed by atoms with van der Waals surface area (Å²) in [5.41, 5.74) is 4.28. The third-order valence-electron chi connectivity index (χ3n) is 5.52. The van der Waals surface area contributed by atoms with Crippen LogP contribution < -0.4 is 0 Å². The van der Waals surface area contributed by atoms with Crippen molar-refractivity contribution in [1.82, 2.24) is 15.2 Å². The van der Waals surface area contributed by atoms with Crippen LogP contribution in [0.1, 0.15) is 36.8 Å². The van der Waals surface area contributed by atoms with Gasteiger partial charge in [-0.15, -0.1) is 10.2 Å². The predicted molar refractivity (Wildman–Crippen MR) is 111 cm³/mol. The van der Waals surface area contributed by atoms with E-state index in [0.29, 0.717) is 23.8 Å². The van der Waals surface area contributed by atoms with Crippen molar-refractivity contribution in [2.75, 3.05) is 0 Å². The highest BCUT2D eigenvalue weighted by atomic mass is 127. The van der Waals surface area contributed by atoms with Crippen LogP contribution in [0.25, 0.3) is 33.3 Å². The molecule has 0 atom stereocenters. The zero-order valence-corrected chi connectivity index (χ0v) is 17.0. The molecule has 0 bridgehead atoms. The number of hydrogen-bond donors (Lipinski definition) is 3. The van der Waals surface area contributed by atoms with Crippen molar-refractivity contribution >= 4 is 44.6 Å². The Morgan fingerprint density at radius 3 is 2.85 bits per heavy atom. The molecule has 5 rings (SSSR count). The van der Waals surface area contributed by atoms with Gasteiger partial charge in [-0.25, -0.2) is 0 Å². The Morgan fingerprint density at radius 1 is 1.33 bits per heavy atom. The molecule has 0 unspecified atom stereocenters. The SMILES string of the molecule is Cc1cc(O)c2ccoc2c1-c1nnc2[nH]cc(I)c2c1C1CC(C)(O)C1. The molecule has 0 amide bonds. The van der Waals surface area contributed by atoms with E-state index in [1.165, 1.54) is 0 Å². The first-order valence-electron chi connectivity index (χ1n) is 8.81. The molecule has 3 aromatic heterocycles. The number of phenolic OH excluding ortho intramolecular Hbond substituents is 1. The van der Waals surface area contributed by atoms with Gasteiger partial charge in [-0.2, -0.15) is 0 Å². The van der Waals surface area contributed by atoms with Crippen molar-refractivity contribution in [1.29, 1.82) is 0 Å². The van der Waals surface area contributed by atoms with Crippen LogP contribution in [0.5, 0.6) is 5.75 Å². The summed E-state index contributed by atoms with van der Waals surface area (Å²) in [7, 11) is 0. The van der Waals surface area contributed by atoms with Gasteiger partial charge in [0.1, 0.15) is 17.0 Å². The summed E-state index contributed by atoms with van der Waals surface area (Å²) >= 11 is 2.30. The molecule has 0 aliphatic heterocycles. The molecule has 0 saturated heterocycles. The number of H-pyrrole nitrogens is 1. The molecule has 3 N–H and O–H groups in total. The van der Waals surface area contributed by atoms with Crippen molar-refractivity contribution < 1.29 is 14.6 Å². The van der Waals surface area contributed by atoms with Gasteiger partial charge in [0, 0.05) is 20.7 Å². The Bertz CT molecular complexity index is 1200. The lowest BCUT2D eigenvalue weighted by atomic mass is 9.67. The molecule has 27 heavy (non-hydrogen) atoms. The van der Waals surface area contributed by atoms with Gasteiger partial charge in [0.25, 0.3) is 0 Å². The molecule has 3 heterocycles. The molecule has 1 aromatic carbocycles. The highest BCUT2D eigenvalue weighted by molar-refractivity contribution is 14.1. The van der Waals surface area contributed by atoms with Crippen LogP contribution in [0.3, 0.4) is 0 Å². The second kappa shape index (κ2) is 5.68. The number of aliphatic hydroxyl groups is 1. The lowest BCUT2D eigenvalue weighted by molar-refractivity contribution is -0.0309. The van der Waals surface area contributed by atoms with Crippen LogP contribution in [0.15, 0.2) is 29.0 Å². The highest BCUT2D eigenvalue weighted by Crippen LogP contribution is 2.50. The number of fused-ring (bicyclic) bond motifs is 2. The second-order valence-corrected chi connectivity index (χ2v) is 8.84. The van der Waals surface area contributed by atoms with E-state index in [4.69, 9.17) is 4.42 Å². The summed E-state index contributed by atoms with van der Waals surface area (Å²) < 4.78 is 6.81. The Kier molecular flexibility index (Phi) is 3.58. The van der Waals surface area contributed by atoms with Crippen molar-refractivity contribution in [2.24, 2.45) is 0 Å². The summed E-state index contributed by atoms with van der Waals surface area (Å²) in [5.74, 6) is 0.383. The van der Waals surface area contributed by atoms with Gasteiger partial charge >= 0.3 is 0 Å². The van der Waals surface area contributed by atoms with Gasteiger partial charge < -0.3 is 19.6 Å². The minimum atomic E-state index is -0.650. The Balaban J connectivity index is 1.85. The molecule has 7 heteroatoms. The van der Waals surface area contributed by atoms with Gasteiger partial charge in [0.05, 0.1) is 17.3 Å².